The highest BCUT2D eigenvalue weighted by molar-refractivity contribution is 5.65. The summed E-state index contributed by atoms with van der Waals surface area (Å²) in [6.45, 7) is -0.0219. The second kappa shape index (κ2) is 4.67. The number of aliphatic hydroxyl groups excluding tert-OH is 1. The predicted octanol–water partition coefficient (Wildman–Crippen LogP) is 0.779. The molecule has 0 amide bonds. The van der Waals surface area contributed by atoms with Gasteiger partial charge in [-0.05, 0) is 12.1 Å². The molecule has 0 aliphatic carbocycles. The van der Waals surface area contributed by atoms with Crippen LogP contribution in [0.5, 0.6) is 5.75 Å². The molecule has 1 heterocycles. The van der Waals surface area contributed by atoms with Crippen molar-refractivity contribution in [1.29, 1.82) is 0 Å². The van der Waals surface area contributed by atoms with E-state index in [-0.39, 0.29) is 12.4 Å². The van der Waals surface area contributed by atoms with Crippen LogP contribution >= 0.6 is 0 Å². The van der Waals surface area contributed by atoms with Gasteiger partial charge in [0, 0.05) is 12.0 Å². The molecule has 0 fully saturated rings. The number of nitrogens with zero attached hydrogens (tertiary/aromatic N) is 3. The standard InChI is InChI=1S/C11H11N3O2/c15-6-5-11-13-9(7-12-14-11)8-3-1-2-4-10(8)16/h1-4,7,15-16H,5-6H2. The smallest absolute Gasteiger partial charge is 0.153 e. The van der Waals surface area contributed by atoms with Crippen molar-refractivity contribution in [3.05, 3.63) is 36.3 Å². The van der Waals surface area contributed by atoms with Gasteiger partial charge in [0.05, 0.1) is 18.5 Å². The Hall–Kier alpha value is -2.01. The van der Waals surface area contributed by atoms with Gasteiger partial charge in [0.25, 0.3) is 0 Å². The van der Waals surface area contributed by atoms with E-state index in [2.05, 4.69) is 15.2 Å². The van der Waals surface area contributed by atoms with Gasteiger partial charge in [0.1, 0.15) is 5.75 Å². The second-order valence-corrected chi connectivity index (χ2v) is 3.25. The Labute approximate surface area is 92.4 Å². The normalized spacial score (nSPS) is 10.3. The van der Waals surface area contributed by atoms with Crippen molar-refractivity contribution in [1.82, 2.24) is 15.2 Å². The zero-order valence-corrected chi connectivity index (χ0v) is 8.54. The number of aliphatic hydroxyl groups is 1. The summed E-state index contributed by atoms with van der Waals surface area (Å²) < 4.78 is 0. The maximum absolute atomic E-state index is 9.65. The van der Waals surface area contributed by atoms with E-state index >= 15 is 0 Å². The van der Waals surface area contributed by atoms with Crippen LogP contribution in [0.25, 0.3) is 11.3 Å². The number of hydrogen-bond acceptors (Lipinski definition) is 5. The third-order valence-corrected chi connectivity index (χ3v) is 2.12. The van der Waals surface area contributed by atoms with E-state index in [1.807, 2.05) is 6.07 Å². The fraction of sp³-hybridized carbons (Fsp3) is 0.182. The van der Waals surface area contributed by atoms with Gasteiger partial charge >= 0.3 is 0 Å². The monoisotopic (exact) mass is 217 g/mol. The minimum absolute atomic E-state index is 0.0219. The van der Waals surface area contributed by atoms with Gasteiger partial charge in [0.15, 0.2) is 5.82 Å². The van der Waals surface area contributed by atoms with E-state index in [4.69, 9.17) is 5.11 Å². The fourth-order valence-corrected chi connectivity index (χ4v) is 1.37. The van der Waals surface area contributed by atoms with Gasteiger partial charge < -0.3 is 10.2 Å². The first kappa shape index (κ1) is 10.5. The Balaban J connectivity index is 2.40. The Morgan fingerprint density at radius 2 is 2.00 bits per heavy atom. The van der Waals surface area contributed by atoms with Crippen molar-refractivity contribution in [2.75, 3.05) is 6.61 Å². The van der Waals surface area contributed by atoms with Crippen molar-refractivity contribution < 1.29 is 10.2 Å². The topological polar surface area (TPSA) is 79.1 Å². The Morgan fingerprint density at radius 3 is 2.75 bits per heavy atom. The zero-order chi connectivity index (χ0) is 11.4. The van der Waals surface area contributed by atoms with Crippen molar-refractivity contribution in [2.24, 2.45) is 0 Å². The highest BCUT2D eigenvalue weighted by Gasteiger charge is 2.06. The van der Waals surface area contributed by atoms with Crippen LogP contribution in [0.15, 0.2) is 30.5 Å². The van der Waals surface area contributed by atoms with Crippen LogP contribution in [0.2, 0.25) is 0 Å². The summed E-state index contributed by atoms with van der Waals surface area (Å²) in [5.41, 5.74) is 1.16. The molecule has 16 heavy (non-hydrogen) atoms. The van der Waals surface area contributed by atoms with Crippen molar-refractivity contribution >= 4 is 0 Å². The van der Waals surface area contributed by atoms with Gasteiger partial charge in [-0.15, -0.1) is 5.10 Å². The summed E-state index contributed by atoms with van der Waals surface area (Å²) in [5, 5.41) is 26.0. The minimum atomic E-state index is -0.0219. The van der Waals surface area contributed by atoms with Crippen LogP contribution < -0.4 is 0 Å². The first-order valence-corrected chi connectivity index (χ1v) is 4.89. The summed E-state index contributed by atoms with van der Waals surface area (Å²) in [7, 11) is 0. The molecule has 2 rings (SSSR count). The number of phenols is 1. The predicted molar refractivity (Wildman–Crippen MR) is 57.7 cm³/mol. The first-order chi connectivity index (χ1) is 7.81. The summed E-state index contributed by atoms with van der Waals surface area (Å²) >= 11 is 0. The van der Waals surface area contributed by atoms with E-state index in [1.165, 1.54) is 6.20 Å². The maximum atomic E-state index is 9.65. The molecule has 2 N–H and O–H groups in total. The average molecular weight is 217 g/mol. The second-order valence-electron chi connectivity index (χ2n) is 3.25. The van der Waals surface area contributed by atoms with Gasteiger partial charge in [-0.3, -0.25) is 0 Å². The van der Waals surface area contributed by atoms with Gasteiger partial charge in [-0.25, -0.2) is 4.98 Å². The first-order valence-electron chi connectivity index (χ1n) is 4.89. The van der Waals surface area contributed by atoms with Crippen LogP contribution in [0.1, 0.15) is 5.82 Å². The summed E-state index contributed by atoms with van der Waals surface area (Å²) in [6.07, 6.45) is 1.84. The molecule has 0 spiro atoms. The molecule has 5 heteroatoms. The fourth-order valence-electron chi connectivity index (χ4n) is 1.37. The molecule has 0 aliphatic rings. The third kappa shape index (κ3) is 2.14. The lowest BCUT2D eigenvalue weighted by atomic mass is 10.1. The summed E-state index contributed by atoms with van der Waals surface area (Å²) in [6, 6.07) is 6.89. The molecule has 0 atom stereocenters. The van der Waals surface area contributed by atoms with E-state index in [1.54, 1.807) is 18.2 Å². The molecule has 2 aromatic rings. The van der Waals surface area contributed by atoms with E-state index in [0.717, 1.165) is 0 Å². The van der Waals surface area contributed by atoms with Crippen LogP contribution in [0.3, 0.4) is 0 Å². The SMILES string of the molecule is OCCc1nncc(-c2ccccc2O)n1. The Kier molecular flexibility index (Phi) is 3.07. The van der Waals surface area contributed by atoms with Gasteiger partial charge in [-0.2, -0.15) is 5.10 Å². The van der Waals surface area contributed by atoms with Gasteiger partial charge in [-0.1, -0.05) is 12.1 Å². The molecule has 1 aromatic heterocycles. The van der Waals surface area contributed by atoms with Crippen LogP contribution in [0, 0.1) is 0 Å². The summed E-state index contributed by atoms with van der Waals surface area (Å²) in [5.74, 6) is 0.612. The Morgan fingerprint density at radius 1 is 1.19 bits per heavy atom. The van der Waals surface area contributed by atoms with Crippen LogP contribution in [-0.4, -0.2) is 32.0 Å². The number of para-hydroxylation sites is 1. The van der Waals surface area contributed by atoms with E-state index < -0.39 is 0 Å². The molecule has 0 aliphatic heterocycles. The molecule has 0 unspecified atom stereocenters. The molecule has 0 bridgehead atoms. The molecule has 0 radical (unpaired) electrons. The van der Waals surface area contributed by atoms with E-state index in [0.29, 0.717) is 23.5 Å². The lowest BCUT2D eigenvalue weighted by molar-refractivity contribution is 0.296. The average Bonchev–Trinajstić information content (AvgIpc) is 2.30. The molecule has 0 saturated heterocycles. The molecular formula is C11H11N3O2. The van der Waals surface area contributed by atoms with Crippen molar-refractivity contribution in [3.63, 3.8) is 0 Å². The van der Waals surface area contributed by atoms with Crippen LogP contribution in [0.4, 0.5) is 0 Å². The van der Waals surface area contributed by atoms with Crippen molar-refractivity contribution in [2.45, 2.75) is 6.42 Å². The van der Waals surface area contributed by atoms with Gasteiger partial charge in [0.2, 0.25) is 0 Å². The minimum Gasteiger partial charge on any atom is -0.507 e. The number of aromatic nitrogens is 3. The Bertz CT molecular complexity index is 488. The molecule has 1 aromatic carbocycles. The molecular weight excluding hydrogens is 206 g/mol. The van der Waals surface area contributed by atoms with Crippen LogP contribution in [-0.2, 0) is 6.42 Å². The highest BCUT2D eigenvalue weighted by atomic mass is 16.3. The third-order valence-electron chi connectivity index (χ3n) is 2.12. The number of rotatable bonds is 3. The molecule has 0 saturated carbocycles. The van der Waals surface area contributed by atoms with E-state index in [9.17, 15) is 5.11 Å². The number of benzene rings is 1. The quantitative estimate of drug-likeness (QED) is 0.794. The highest BCUT2D eigenvalue weighted by Crippen LogP contribution is 2.25. The van der Waals surface area contributed by atoms with Crippen molar-refractivity contribution in [3.8, 4) is 17.0 Å². The largest absolute Gasteiger partial charge is 0.507 e. The molecule has 82 valence electrons. The lowest BCUT2D eigenvalue weighted by Gasteiger charge is -2.03. The maximum Gasteiger partial charge on any atom is 0.153 e. The lowest BCUT2D eigenvalue weighted by Crippen LogP contribution is -2.01. The summed E-state index contributed by atoms with van der Waals surface area (Å²) in [4.78, 5) is 4.20. The molecule has 5 nitrogen and oxygen atoms in total. The zero-order valence-electron chi connectivity index (χ0n) is 8.54. The number of aromatic hydroxyl groups is 1. The number of hydrogen-bond donors (Lipinski definition) is 2. The number of phenolic OH excluding ortho intramolecular Hbond substituents is 1.